The predicted molar refractivity (Wildman–Crippen MR) is 111 cm³/mol. The first kappa shape index (κ1) is 19.8. The Balaban J connectivity index is 1.62. The number of carbonyl (C=O) groups is 1. The van der Waals surface area contributed by atoms with Crippen LogP contribution in [0.5, 0.6) is 0 Å². The molecular formula is C20H23ClN5O2+. The summed E-state index contributed by atoms with van der Waals surface area (Å²) in [7, 11) is 0. The zero-order valence-corrected chi connectivity index (χ0v) is 16.8. The summed E-state index contributed by atoms with van der Waals surface area (Å²) in [5.74, 6) is 0. The standard InChI is InChI=1S/C20H22ClN5O2/c1-20(2,3)28-19(27)23-18-7-5-4-6-17(18)22-12-15-13-26(25-24-15)16-10-8-14(21)9-11-16/h4-11,13,15H,12H2,1-3H3,(H-,22,23,24,25,27)/p+1. The van der Waals surface area contributed by atoms with Crippen molar-refractivity contribution in [2.24, 2.45) is 10.3 Å². The average Bonchev–Trinajstić information content (AvgIpc) is 3.09. The molecular weight excluding hydrogens is 378 g/mol. The Morgan fingerprint density at radius 3 is 2.50 bits per heavy atom. The van der Waals surface area contributed by atoms with Gasteiger partial charge in [0.1, 0.15) is 10.8 Å². The van der Waals surface area contributed by atoms with Gasteiger partial charge in [-0.05, 0) is 57.2 Å². The number of halogens is 1. The Hall–Kier alpha value is -2.93. The first-order valence-corrected chi connectivity index (χ1v) is 9.31. The van der Waals surface area contributed by atoms with Gasteiger partial charge in [0, 0.05) is 10.1 Å². The molecule has 0 saturated carbocycles. The SMILES string of the molecule is CC(C)(C)OC(=O)Nc1ccccc1NCC1C=[N+](c2ccc(Cl)cc2)N=N1. The third kappa shape index (κ3) is 5.53. The van der Waals surface area contributed by atoms with Crippen LogP contribution < -0.4 is 10.6 Å². The molecule has 2 aromatic rings. The fourth-order valence-corrected chi connectivity index (χ4v) is 2.67. The van der Waals surface area contributed by atoms with Crippen LogP contribution in [0.4, 0.5) is 21.9 Å². The van der Waals surface area contributed by atoms with Crippen LogP contribution in [-0.4, -0.2) is 35.2 Å². The largest absolute Gasteiger partial charge is 0.444 e. The minimum atomic E-state index is -0.559. The quantitative estimate of drug-likeness (QED) is 0.671. The molecule has 0 aromatic heterocycles. The van der Waals surface area contributed by atoms with Gasteiger partial charge in [0.05, 0.1) is 17.9 Å². The van der Waals surface area contributed by atoms with Crippen molar-refractivity contribution in [1.29, 1.82) is 0 Å². The number of rotatable bonds is 5. The maximum Gasteiger partial charge on any atom is 0.412 e. The highest BCUT2D eigenvalue weighted by atomic mass is 35.5. The van der Waals surface area contributed by atoms with Gasteiger partial charge in [0.15, 0.2) is 11.9 Å². The lowest BCUT2D eigenvalue weighted by atomic mass is 10.2. The summed E-state index contributed by atoms with van der Waals surface area (Å²) in [6, 6.07) is 14.7. The van der Waals surface area contributed by atoms with E-state index in [-0.39, 0.29) is 6.04 Å². The zero-order valence-electron chi connectivity index (χ0n) is 16.0. The van der Waals surface area contributed by atoms with Crippen molar-refractivity contribution >= 4 is 41.0 Å². The van der Waals surface area contributed by atoms with Crippen LogP contribution in [0.1, 0.15) is 20.8 Å². The average molecular weight is 401 g/mol. The first-order valence-electron chi connectivity index (χ1n) is 8.94. The van der Waals surface area contributed by atoms with Crippen molar-refractivity contribution in [3.05, 3.63) is 53.6 Å². The number of carbonyl (C=O) groups excluding carboxylic acids is 1. The molecule has 1 atom stereocenters. The van der Waals surface area contributed by atoms with Crippen molar-refractivity contribution < 1.29 is 14.2 Å². The molecule has 1 unspecified atom stereocenters. The molecule has 1 amide bonds. The number of anilines is 2. The lowest BCUT2D eigenvalue weighted by molar-refractivity contribution is -0.444. The van der Waals surface area contributed by atoms with Crippen LogP contribution in [0.25, 0.3) is 0 Å². The number of para-hydroxylation sites is 2. The van der Waals surface area contributed by atoms with Crippen LogP contribution in [0, 0.1) is 0 Å². The van der Waals surface area contributed by atoms with E-state index >= 15 is 0 Å². The highest BCUT2D eigenvalue weighted by Gasteiger charge is 2.23. The van der Waals surface area contributed by atoms with Crippen LogP contribution >= 0.6 is 11.6 Å². The molecule has 2 aromatic carbocycles. The summed E-state index contributed by atoms with van der Waals surface area (Å²) in [5, 5.41) is 15.2. The van der Waals surface area contributed by atoms with Gasteiger partial charge >= 0.3 is 6.09 Å². The Bertz CT molecular complexity index is 904. The van der Waals surface area contributed by atoms with Gasteiger partial charge in [-0.15, -0.1) is 4.68 Å². The summed E-state index contributed by atoms with van der Waals surface area (Å²) in [6.45, 7) is 6.00. The first-order chi connectivity index (χ1) is 13.3. The second kappa shape index (κ2) is 8.39. The minimum Gasteiger partial charge on any atom is -0.444 e. The molecule has 7 nitrogen and oxygen atoms in total. The number of hydrogen-bond acceptors (Lipinski definition) is 5. The van der Waals surface area contributed by atoms with E-state index in [0.29, 0.717) is 17.3 Å². The second-order valence-corrected chi connectivity index (χ2v) is 7.73. The number of amides is 1. The van der Waals surface area contributed by atoms with E-state index in [9.17, 15) is 4.79 Å². The zero-order chi connectivity index (χ0) is 20.1. The molecule has 3 rings (SSSR count). The van der Waals surface area contributed by atoms with Crippen LogP contribution in [0.15, 0.2) is 58.9 Å². The second-order valence-electron chi connectivity index (χ2n) is 7.30. The van der Waals surface area contributed by atoms with Gasteiger partial charge in [-0.25, -0.2) is 4.79 Å². The van der Waals surface area contributed by atoms with E-state index in [0.717, 1.165) is 11.4 Å². The smallest absolute Gasteiger partial charge is 0.412 e. The highest BCUT2D eigenvalue weighted by Crippen LogP contribution is 2.23. The fourth-order valence-electron chi connectivity index (χ4n) is 2.54. The third-order valence-corrected chi connectivity index (χ3v) is 4.02. The molecule has 146 valence electrons. The molecule has 1 heterocycles. The Morgan fingerprint density at radius 2 is 1.82 bits per heavy atom. The molecule has 1 aliphatic heterocycles. The van der Waals surface area contributed by atoms with Gasteiger partial charge in [0.25, 0.3) is 0 Å². The highest BCUT2D eigenvalue weighted by molar-refractivity contribution is 6.30. The maximum atomic E-state index is 12.0. The number of nitrogens with zero attached hydrogens (tertiary/aromatic N) is 3. The maximum absolute atomic E-state index is 12.0. The van der Waals surface area contributed by atoms with Gasteiger partial charge in [0.2, 0.25) is 6.04 Å². The topological polar surface area (TPSA) is 78.1 Å². The van der Waals surface area contributed by atoms with Crippen molar-refractivity contribution in [3.63, 3.8) is 0 Å². The van der Waals surface area contributed by atoms with Gasteiger partial charge in [-0.1, -0.05) is 23.7 Å². The minimum absolute atomic E-state index is 0.134. The molecule has 0 aliphatic carbocycles. The summed E-state index contributed by atoms with van der Waals surface area (Å²) >= 11 is 5.92. The van der Waals surface area contributed by atoms with E-state index in [4.69, 9.17) is 16.3 Å². The van der Waals surface area contributed by atoms with Crippen molar-refractivity contribution in [2.75, 3.05) is 17.2 Å². The predicted octanol–water partition coefficient (Wildman–Crippen LogP) is 5.26. The summed E-state index contributed by atoms with van der Waals surface area (Å²) in [4.78, 5) is 12.0. The molecule has 2 N–H and O–H groups in total. The number of hydrogen-bond donors (Lipinski definition) is 2. The Morgan fingerprint density at radius 1 is 1.14 bits per heavy atom. The Kier molecular flexibility index (Phi) is 5.94. The van der Waals surface area contributed by atoms with E-state index in [1.165, 1.54) is 0 Å². The fraction of sp³-hybridized carbons (Fsp3) is 0.300. The monoisotopic (exact) mass is 400 g/mol. The van der Waals surface area contributed by atoms with Gasteiger partial charge < -0.3 is 10.1 Å². The summed E-state index contributed by atoms with van der Waals surface area (Å²) in [6.07, 6.45) is 1.42. The number of nitrogens with one attached hydrogen (secondary N) is 2. The van der Waals surface area contributed by atoms with Crippen LogP contribution in [-0.2, 0) is 4.74 Å². The van der Waals surface area contributed by atoms with Crippen molar-refractivity contribution in [1.82, 2.24) is 0 Å². The normalized spacial score (nSPS) is 15.9. The Labute approximate surface area is 169 Å². The van der Waals surface area contributed by atoms with E-state index in [2.05, 4.69) is 21.0 Å². The van der Waals surface area contributed by atoms with Gasteiger partial charge in [-0.3, -0.25) is 5.32 Å². The van der Waals surface area contributed by atoms with Crippen LogP contribution in [0.3, 0.4) is 0 Å². The number of ether oxygens (including phenoxy) is 1. The molecule has 0 radical (unpaired) electrons. The summed E-state index contributed by atoms with van der Waals surface area (Å²) in [5.41, 5.74) is 1.75. The molecule has 0 fully saturated rings. The molecule has 8 heteroatoms. The summed E-state index contributed by atoms with van der Waals surface area (Å²) < 4.78 is 7.03. The van der Waals surface area contributed by atoms with Crippen LogP contribution in [0.2, 0.25) is 5.02 Å². The third-order valence-electron chi connectivity index (χ3n) is 3.77. The molecule has 1 aliphatic rings. The molecule has 0 spiro atoms. The molecule has 0 bridgehead atoms. The van der Waals surface area contributed by atoms with Crippen molar-refractivity contribution in [3.8, 4) is 0 Å². The lowest BCUT2D eigenvalue weighted by Crippen LogP contribution is -2.27. The van der Waals surface area contributed by atoms with E-state index < -0.39 is 11.7 Å². The number of benzene rings is 2. The van der Waals surface area contributed by atoms with Crippen molar-refractivity contribution in [2.45, 2.75) is 32.4 Å². The molecule has 28 heavy (non-hydrogen) atoms. The lowest BCUT2D eigenvalue weighted by Gasteiger charge is -2.20. The van der Waals surface area contributed by atoms with E-state index in [1.807, 2.05) is 75.5 Å². The van der Waals surface area contributed by atoms with E-state index in [1.54, 1.807) is 4.68 Å². The molecule has 0 saturated heterocycles. The van der Waals surface area contributed by atoms with Gasteiger partial charge in [-0.2, -0.15) is 0 Å².